The van der Waals surface area contributed by atoms with Crippen molar-refractivity contribution in [1.82, 2.24) is 4.98 Å². The highest BCUT2D eigenvalue weighted by Gasteiger charge is 2.21. The predicted octanol–water partition coefficient (Wildman–Crippen LogP) is 5.74. The molecular weight excluding hydrogens is 539 g/mol. The topological polar surface area (TPSA) is 118 Å². The van der Waals surface area contributed by atoms with Crippen molar-refractivity contribution in [3.63, 3.8) is 0 Å². The number of benzene rings is 3. The Morgan fingerprint density at radius 1 is 1.03 bits per heavy atom. The number of carbonyl (C=O) groups is 2. The number of hydrogen-bond donors (Lipinski definition) is 3. The molecule has 0 spiro atoms. The Kier molecular flexibility index (Phi) is 9.25. The Balaban J connectivity index is 0.000000270. The molecule has 39 heavy (non-hydrogen) atoms. The van der Waals surface area contributed by atoms with Gasteiger partial charge < -0.3 is 25.8 Å². The molecule has 0 aliphatic carbocycles. The maximum atomic E-state index is 11.6. The Labute approximate surface area is 235 Å². The van der Waals surface area contributed by atoms with E-state index in [1.54, 1.807) is 48.7 Å². The lowest BCUT2D eigenvalue weighted by molar-refractivity contribution is -0.119. The number of nitrogens with zero attached hydrogens (tertiary/aromatic N) is 2. The molecule has 2 heterocycles. The maximum Gasteiger partial charge on any atom is 0.336 e. The smallest absolute Gasteiger partial charge is 0.336 e. The molecule has 0 bridgehead atoms. The van der Waals surface area contributed by atoms with Crippen LogP contribution in [0.3, 0.4) is 0 Å². The number of pyridine rings is 1. The van der Waals surface area contributed by atoms with E-state index in [1.807, 2.05) is 36.4 Å². The van der Waals surface area contributed by atoms with Crippen molar-refractivity contribution in [1.29, 1.82) is 0 Å². The van der Waals surface area contributed by atoms with Crippen LogP contribution in [0.1, 0.15) is 15.9 Å². The molecule has 1 amide bonds. The standard InChI is InChI=1S/C21H17Cl2N3O2.C8H9NO2/c22-15-5-6-18(23)14(9-15)12-26-8-7-24-20-19(26)10-13(11-25-20)16-3-1-2-4-17(16)21(27)28;9-8(10)6-11-7-4-2-1-3-5-7/h1-6,9-11H,7-8,12H2,(H,24,25)(H,27,28);1-5H,6H2,(H2,9,10). The minimum Gasteiger partial charge on any atom is -0.484 e. The summed E-state index contributed by atoms with van der Waals surface area (Å²) < 4.78 is 4.99. The zero-order valence-electron chi connectivity index (χ0n) is 20.8. The van der Waals surface area contributed by atoms with E-state index in [9.17, 15) is 14.7 Å². The van der Waals surface area contributed by atoms with E-state index in [0.29, 0.717) is 27.9 Å². The van der Waals surface area contributed by atoms with Crippen molar-refractivity contribution in [3.05, 3.63) is 106 Å². The van der Waals surface area contributed by atoms with Gasteiger partial charge in [-0.1, -0.05) is 59.6 Å². The summed E-state index contributed by atoms with van der Waals surface area (Å²) in [6, 6.07) is 23.4. The van der Waals surface area contributed by atoms with E-state index in [0.717, 1.165) is 35.7 Å². The van der Waals surface area contributed by atoms with Crippen molar-refractivity contribution in [2.24, 2.45) is 5.73 Å². The number of halogens is 2. The third-order valence-corrected chi connectivity index (χ3v) is 6.45. The Bertz CT molecular complexity index is 1470. The predicted molar refractivity (Wildman–Crippen MR) is 154 cm³/mol. The van der Waals surface area contributed by atoms with Gasteiger partial charge in [-0.3, -0.25) is 4.79 Å². The van der Waals surface area contributed by atoms with Crippen molar-refractivity contribution in [2.75, 3.05) is 29.9 Å². The number of rotatable bonds is 7. The molecule has 0 saturated heterocycles. The van der Waals surface area contributed by atoms with Crippen molar-refractivity contribution < 1.29 is 19.4 Å². The molecule has 0 unspecified atom stereocenters. The minimum atomic E-state index is -0.964. The molecule has 5 rings (SSSR count). The maximum absolute atomic E-state index is 11.6. The first kappa shape index (κ1) is 27.8. The average molecular weight is 565 g/mol. The Morgan fingerprint density at radius 2 is 1.77 bits per heavy atom. The lowest BCUT2D eigenvalue weighted by Gasteiger charge is -2.32. The molecule has 1 aliphatic rings. The number of ether oxygens (including phenoxy) is 1. The number of para-hydroxylation sites is 1. The lowest BCUT2D eigenvalue weighted by Crippen LogP contribution is -2.34. The largest absolute Gasteiger partial charge is 0.484 e. The highest BCUT2D eigenvalue weighted by atomic mass is 35.5. The van der Waals surface area contributed by atoms with E-state index in [2.05, 4.69) is 15.2 Å². The summed E-state index contributed by atoms with van der Waals surface area (Å²) in [5, 5.41) is 14.1. The van der Waals surface area contributed by atoms with Gasteiger partial charge in [-0.2, -0.15) is 0 Å². The highest BCUT2D eigenvalue weighted by Crippen LogP contribution is 2.35. The molecule has 1 aliphatic heterocycles. The normalized spacial score (nSPS) is 11.9. The number of carbonyl (C=O) groups excluding carboxylic acids is 1. The molecule has 0 atom stereocenters. The van der Waals surface area contributed by atoms with Gasteiger partial charge in [-0.25, -0.2) is 9.78 Å². The summed E-state index contributed by atoms with van der Waals surface area (Å²) in [5.74, 6) is -0.00452. The lowest BCUT2D eigenvalue weighted by atomic mass is 10.0. The van der Waals surface area contributed by atoms with Gasteiger partial charge in [0.2, 0.25) is 0 Å². The first-order valence-corrected chi connectivity index (χ1v) is 12.8. The van der Waals surface area contributed by atoms with E-state index in [4.69, 9.17) is 33.7 Å². The Hall–Kier alpha value is -4.27. The number of carboxylic acid groups (broad SMARTS) is 1. The van der Waals surface area contributed by atoms with Crippen molar-refractivity contribution in [2.45, 2.75) is 6.54 Å². The molecule has 8 nitrogen and oxygen atoms in total. The van der Waals surface area contributed by atoms with Crippen LogP contribution in [0.4, 0.5) is 11.5 Å². The van der Waals surface area contributed by atoms with Crippen LogP contribution in [0.5, 0.6) is 5.75 Å². The Morgan fingerprint density at radius 3 is 2.51 bits per heavy atom. The first-order valence-electron chi connectivity index (χ1n) is 12.0. The van der Waals surface area contributed by atoms with Gasteiger partial charge in [-0.15, -0.1) is 0 Å². The fourth-order valence-corrected chi connectivity index (χ4v) is 4.41. The minimum absolute atomic E-state index is 0.0655. The molecular formula is C29H26Cl2N4O4. The summed E-state index contributed by atoms with van der Waals surface area (Å²) in [6.07, 6.45) is 1.70. The number of amides is 1. The molecule has 4 N–H and O–H groups in total. The number of hydrogen-bond acceptors (Lipinski definition) is 6. The number of nitrogens with two attached hydrogens (primary N) is 1. The molecule has 4 aromatic rings. The summed E-state index contributed by atoms with van der Waals surface area (Å²) >= 11 is 12.5. The number of carboxylic acids is 1. The molecule has 0 fully saturated rings. The van der Waals surface area contributed by atoms with Gasteiger partial charge in [-0.05, 0) is 53.6 Å². The van der Waals surface area contributed by atoms with E-state index in [1.165, 1.54) is 0 Å². The second-order valence-corrected chi connectivity index (χ2v) is 9.44. The zero-order chi connectivity index (χ0) is 27.8. The average Bonchev–Trinajstić information content (AvgIpc) is 2.95. The second kappa shape index (κ2) is 13.0. The van der Waals surface area contributed by atoms with Crippen molar-refractivity contribution in [3.8, 4) is 16.9 Å². The quantitative estimate of drug-likeness (QED) is 0.262. The van der Waals surface area contributed by atoms with Crippen LogP contribution in [0.15, 0.2) is 85.1 Å². The van der Waals surface area contributed by atoms with Gasteiger partial charge >= 0.3 is 5.97 Å². The number of primary amides is 1. The van der Waals surface area contributed by atoms with Crippen LogP contribution in [0, 0.1) is 0 Å². The monoisotopic (exact) mass is 564 g/mol. The molecule has 3 aromatic carbocycles. The molecule has 0 saturated carbocycles. The molecule has 1 aromatic heterocycles. The van der Waals surface area contributed by atoms with E-state index < -0.39 is 11.9 Å². The summed E-state index contributed by atoms with van der Waals surface area (Å²) in [6.45, 7) is 2.04. The fraction of sp³-hybridized carbons (Fsp3) is 0.138. The third kappa shape index (κ3) is 7.40. The van der Waals surface area contributed by atoms with Crippen LogP contribution in [-0.2, 0) is 11.3 Å². The van der Waals surface area contributed by atoms with Gasteiger partial charge in [0.25, 0.3) is 5.91 Å². The zero-order valence-corrected chi connectivity index (χ0v) is 22.3. The van der Waals surface area contributed by atoms with E-state index in [-0.39, 0.29) is 12.2 Å². The SMILES string of the molecule is NC(=O)COc1ccccc1.O=C(O)c1ccccc1-c1cnc2c(c1)N(Cc1cc(Cl)ccc1Cl)CCN2. The van der Waals surface area contributed by atoms with Crippen LogP contribution in [-0.4, -0.2) is 41.7 Å². The van der Waals surface area contributed by atoms with Gasteiger partial charge in [0.05, 0.1) is 11.3 Å². The number of anilines is 2. The van der Waals surface area contributed by atoms with Crippen LogP contribution >= 0.6 is 23.2 Å². The third-order valence-electron chi connectivity index (χ3n) is 5.84. The summed E-state index contributed by atoms with van der Waals surface area (Å²) in [5.41, 5.74) is 8.34. The fourth-order valence-electron chi connectivity index (χ4n) is 4.03. The molecule has 10 heteroatoms. The number of aromatic carboxylic acids is 1. The molecule has 0 radical (unpaired) electrons. The summed E-state index contributed by atoms with van der Waals surface area (Å²) in [4.78, 5) is 28.6. The number of aromatic nitrogens is 1. The van der Waals surface area contributed by atoms with Crippen LogP contribution in [0.25, 0.3) is 11.1 Å². The van der Waals surface area contributed by atoms with Gasteiger partial charge in [0.1, 0.15) is 11.6 Å². The number of fused-ring (bicyclic) bond motifs is 1. The van der Waals surface area contributed by atoms with Crippen molar-refractivity contribution >= 4 is 46.6 Å². The van der Waals surface area contributed by atoms with Crippen LogP contribution in [0.2, 0.25) is 10.0 Å². The highest BCUT2D eigenvalue weighted by molar-refractivity contribution is 6.33. The summed E-state index contributed by atoms with van der Waals surface area (Å²) in [7, 11) is 0. The van der Waals surface area contributed by atoms with Crippen LogP contribution < -0.4 is 20.7 Å². The number of nitrogens with one attached hydrogen (secondary N) is 1. The van der Waals surface area contributed by atoms with Gasteiger partial charge in [0, 0.05) is 41.4 Å². The molecule has 200 valence electrons. The first-order chi connectivity index (χ1) is 18.8. The second-order valence-electron chi connectivity index (χ2n) is 8.59. The van der Waals surface area contributed by atoms with Gasteiger partial charge in [0.15, 0.2) is 6.61 Å². The van der Waals surface area contributed by atoms with E-state index >= 15 is 0 Å².